The summed E-state index contributed by atoms with van der Waals surface area (Å²) in [6.45, 7) is 1.05. The number of nitrogens with zero attached hydrogens (tertiary/aromatic N) is 2. The molecule has 0 aliphatic heterocycles. The topological polar surface area (TPSA) is 56.7 Å². The van der Waals surface area contributed by atoms with Crippen LogP contribution in [0.5, 0.6) is 0 Å². The Morgan fingerprint density at radius 2 is 1.89 bits per heavy atom. The second-order valence-corrected chi connectivity index (χ2v) is 6.67. The molecule has 1 aliphatic carbocycles. The second kappa shape index (κ2) is 10.3. The zero-order valence-electron chi connectivity index (χ0n) is 15.8. The van der Waals surface area contributed by atoms with Crippen molar-refractivity contribution in [1.29, 1.82) is 0 Å². The van der Waals surface area contributed by atoms with Crippen molar-refractivity contribution in [3.05, 3.63) is 35.6 Å². The summed E-state index contributed by atoms with van der Waals surface area (Å²) in [6.07, 6.45) is -2.80. The number of carbonyl (C=O) groups excluding carboxylic acids is 1. The van der Waals surface area contributed by atoms with E-state index in [4.69, 9.17) is 0 Å². The molecule has 2 N–H and O–H groups in total. The maximum absolute atomic E-state index is 14.1. The highest BCUT2D eigenvalue weighted by atomic mass is 127. The molecular formula is C18H25F4IN4O. The third-order valence-corrected chi connectivity index (χ3v) is 4.45. The highest BCUT2D eigenvalue weighted by Crippen LogP contribution is 2.48. The third kappa shape index (κ3) is 7.10. The van der Waals surface area contributed by atoms with E-state index in [9.17, 15) is 22.4 Å². The first kappa shape index (κ1) is 24.4. The van der Waals surface area contributed by atoms with Crippen LogP contribution in [-0.4, -0.2) is 56.2 Å². The van der Waals surface area contributed by atoms with Gasteiger partial charge in [0.1, 0.15) is 18.9 Å². The van der Waals surface area contributed by atoms with E-state index in [-0.39, 0.29) is 35.2 Å². The fourth-order valence-electron chi connectivity index (χ4n) is 2.80. The van der Waals surface area contributed by atoms with E-state index in [0.717, 1.165) is 19.9 Å². The molecule has 10 heteroatoms. The molecule has 0 atom stereocenters. The molecule has 1 fully saturated rings. The molecule has 2 rings (SSSR count). The molecule has 1 amide bonds. The van der Waals surface area contributed by atoms with Crippen molar-refractivity contribution in [1.82, 2.24) is 15.5 Å². The minimum atomic E-state index is -4.45. The summed E-state index contributed by atoms with van der Waals surface area (Å²) >= 11 is 0. The van der Waals surface area contributed by atoms with E-state index in [1.807, 2.05) is 6.92 Å². The molecule has 28 heavy (non-hydrogen) atoms. The van der Waals surface area contributed by atoms with Gasteiger partial charge < -0.3 is 15.5 Å². The number of rotatable bonds is 7. The number of carbonyl (C=O) groups is 1. The first-order chi connectivity index (χ1) is 12.7. The minimum absolute atomic E-state index is 0. The first-order valence-corrected chi connectivity index (χ1v) is 8.75. The van der Waals surface area contributed by atoms with Gasteiger partial charge in [0.15, 0.2) is 5.96 Å². The van der Waals surface area contributed by atoms with Gasteiger partial charge in [0.25, 0.3) is 0 Å². The Kier molecular flexibility index (Phi) is 8.96. The number of amides is 1. The molecule has 0 aromatic heterocycles. The normalized spacial score (nSPS) is 15.4. The SMILES string of the molecule is CCNC(=NCC(=O)N(C)CC(F)(F)F)NCC1(c2ccccc2F)CC1.I. The number of guanidine groups is 1. The maximum Gasteiger partial charge on any atom is 0.406 e. The lowest BCUT2D eigenvalue weighted by Crippen LogP contribution is -2.42. The van der Waals surface area contributed by atoms with Crippen molar-refractivity contribution in [3.8, 4) is 0 Å². The lowest BCUT2D eigenvalue weighted by Gasteiger charge is -2.20. The smallest absolute Gasteiger partial charge is 0.357 e. The van der Waals surface area contributed by atoms with Crippen LogP contribution in [0, 0.1) is 5.82 Å². The Bertz CT molecular complexity index is 692. The van der Waals surface area contributed by atoms with Crippen molar-refractivity contribution in [2.45, 2.75) is 31.4 Å². The average molecular weight is 516 g/mol. The number of hydrogen-bond donors (Lipinski definition) is 2. The van der Waals surface area contributed by atoms with E-state index < -0.39 is 25.2 Å². The Morgan fingerprint density at radius 3 is 2.43 bits per heavy atom. The zero-order chi connectivity index (χ0) is 20.1. The summed E-state index contributed by atoms with van der Waals surface area (Å²) < 4.78 is 51.1. The van der Waals surface area contributed by atoms with Crippen LogP contribution in [0.15, 0.2) is 29.3 Å². The number of hydrogen-bond acceptors (Lipinski definition) is 2. The van der Waals surface area contributed by atoms with Crippen LogP contribution in [0.2, 0.25) is 0 Å². The number of halogens is 5. The van der Waals surface area contributed by atoms with E-state index in [2.05, 4.69) is 15.6 Å². The van der Waals surface area contributed by atoms with Crippen LogP contribution in [0.3, 0.4) is 0 Å². The van der Waals surface area contributed by atoms with Gasteiger partial charge >= 0.3 is 6.18 Å². The summed E-state index contributed by atoms with van der Waals surface area (Å²) in [4.78, 5) is 16.5. The molecule has 0 radical (unpaired) electrons. The van der Waals surface area contributed by atoms with Crippen LogP contribution in [0.25, 0.3) is 0 Å². The van der Waals surface area contributed by atoms with Crippen molar-refractivity contribution in [2.75, 3.05) is 33.2 Å². The van der Waals surface area contributed by atoms with Crippen LogP contribution < -0.4 is 10.6 Å². The summed E-state index contributed by atoms with van der Waals surface area (Å²) in [5.74, 6) is -0.684. The summed E-state index contributed by atoms with van der Waals surface area (Å²) in [7, 11) is 1.09. The largest absolute Gasteiger partial charge is 0.406 e. The van der Waals surface area contributed by atoms with Gasteiger partial charge in [-0.05, 0) is 31.4 Å². The molecule has 5 nitrogen and oxygen atoms in total. The Labute approximate surface area is 179 Å². The number of nitrogens with one attached hydrogen (secondary N) is 2. The molecule has 0 bridgehead atoms. The van der Waals surface area contributed by atoms with Gasteiger partial charge in [0, 0.05) is 25.6 Å². The molecule has 0 spiro atoms. The fourth-order valence-corrected chi connectivity index (χ4v) is 2.80. The number of aliphatic imine (C=N–C) groups is 1. The molecule has 1 aliphatic rings. The van der Waals surface area contributed by atoms with Crippen molar-refractivity contribution in [3.63, 3.8) is 0 Å². The maximum atomic E-state index is 14.1. The van der Waals surface area contributed by atoms with E-state index >= 15 is 0 Å². The van der Waals surface area contributed by atoms with Crippen molar-refractivity contribution < 1.29 is 22.4 Å². The Morgan fingerprint density at radius 1 is 1.25 bits per heavy atom. The summed E-state index contributed by atoms with van der Waals surface area (Å²) in [5.41, 5.74) is 0.313. The lowest BCUT2D eigenvalue weighted by molar-refractivity contribution is -0.157. The standard InChI is InChI=1S/C18H24F4N4O.HI/c1-3-23-16(24-10-15(27)26(2)12-18(20,21)22)25-11-17(8-9-17)13-6-4-5-7-14(13)19;/h4-7H,3,8-12H2,1-2H3,(H2,23,24,25);1H. The molecule has 158 valence electrons. The van der Waals surface area contributed by atoms with Gasteiger partial charge in [-0.15, -0.1) is 24.0 Å². The van der Waals surface area contributed by atoms with Crippen LogP contribution in [-0.2, 0) is 10.2 Å². The Hall–Kier alpha value is -1.59. The highest BCUT2D eigenvalue weighted by molar-refractivity contribution is 14.0. The van der Waals surface area contributed by atoms with Gasteiger partial charge in [-0.2, -0.15) is 13.2 Å². The molecule has 0 heterocycles. The van der Waals surface area contributed by atoms with E-state index in [1.165, 1.54) is 6.07 Å². The molecule has 0 unspecified atom stereocenters. The van der Waals surface area contributed by atoms with Crippen LogP contribution in [0.4, 0.5) is 17.6 Å². The van der Waals surface area contributed by atoms with Gasteiger partial charge in [-0.3, -0.25) is 4.79 Å². The van der Waals surface area contributed by atoms with Crippen LogP contribution in [0.1, 0.15) is 25.3 Å². The molecule has 0 saturated heterocycles. The summed E-state index contributed by atoms with van der Waals surface area (Å²) in [5, 5.41) is 6.01. The predicted molar refractivity (Wildman–Crippen MR) is 110 cm³/mol. The quantitative estimate of drug-likeness (QED) is 0.254. The lowest BCUT2D eigenvalue weighted by atomic mass is 9.95. The fraction of sp³-hybridized carbons (Fsp3) is 0.556. The molecule has 1 saturated carbocycles. The summed E-state index contributed by atoms with van der Waals surface area (Å²) in [6, 6.07) is 6.59. The molecule has 1 aromatic rings. The first-order valence-electron chi connectivity index (χ1n) is 8.75. The monoisotopic (exact) mass is 516 g/mol. The number of alkyl halides is 3. The van der Waals surface area contributed by atoms with E-state index in [1.54, 1.807) is 18.2 Å². The molecule has 1 aromatic carbocycles. The average Bonchev–Trinajstić information content (AvgIpc) is 3.37. The predicted octanol–water partition coefficient (Wildman–Crippen LogP) is 3.05. The number of likely N-dealkylation sites (N-methyl/N-ethyl adjacent to an activating group) is 1. The van der Waals surface area contributed by atoms with E-state index in [0.29, 0.717) is 29.5 Å². The van der Waals surface area contributed by atoms with Gasteiger partial charge in [0.2, 0.25) is 5.91 Å². The van der Waals surface area contributed by atoms with Gasteiger partial charge in [-0.1, -0.05) is 18.2 Å². The Balaban J connectivity index is 0.00000392. The third-order valence-electron chi connectivity index (χ3n) is 4.45. The highest BCUT2D eigenvalue weighted by Gasteiger charge is 2.45. The van der Waals surface area contributed by atoms with Crippen molar-refractivity contribution in [2.24, 2.45) is 4.99 Å². The molecular weight excluding hydrogens is 491 g/mol. The zero-order valence-corrected chi connectivity index (χ0v) is 18.1. The van der Waals surface area contributed by atoms with Gasteiger partial charge in [0.05, 0.1) is 0 Å². The van der Waals surface area contributed by atoms with Gasteiger partial charge in [-0.25, -0.2) is 9.38 Å². The van der Waals surface area contributed by atoms with Crippen LogP contribution >= 0.6 is 24.0 Å². The number of benzene rings is 1. The minimum Gasteiger partial charge on any atom is -0.357 e. The van der Waals surface area contributed by atoms with Crippen molar-refractivity contribution >= 4 is 35.8 Å². The second-order valence-electron chi connectivity index (χ2n) is 6.67.